The molecule has 0 aromatic heterocycles. The van der Waals surface area contributed by atoms with Crippen LogP contribution in [0.3, 0.4) is 0 Å². The summed E-state index contributed by atoms with van der Waals surface area (Å²) in [6, 6.07) is 10.9. The third-order valence-electron chi connectivity index (χ3n) is 4.94. The van der Waals surface area contributed by atoms with E-state index in [0.29, 0.717) is 36.2 Å². The quantitative estimate of drug-likeness (QED) is 0.189. The van der Waals surface area contributed by atoms with E-state index in [4.69, 9.17) is 25.4 Å². The number of unbranched alkanes of at least 4 members (excludes halogenated alkanes) is 1. The minimum absolute atomic E-state index is 0.0484. The van der Waals surface area contributed by atoms with Gasteiger partial charge in [-0.2, -0.15) is 0 Å². The fraction of sp³-hybridized carbons (Fsp3) is 0.423. The lowest BCUT2D eigenvalue weighted by Crippen LogP contribution is -2.09. The predicted molar refractivity (Wildman–Crippen MR) is 122 cm³/mol. The Kier molecular flexibility index (Phi) is 9.93. The van der Waals surface area contributed by atoms with E-state index in [2.05, 4.69) is 19.8 Å². The van der Waals surface area contributed by atoms with Gasteiger partial charge in [-0.05, 0) is 48.7 Å². The molecule has 0 saturated carbocycles. The fourth-order valence-corrected chi connectivity index (χ4v) is 2.81. The van der Waals surface area contributed by atoms with E-state index in [1.54, 1.807) is 19.2 Å². The van der Waals surface area contributed by atoms with Gasteiger partial charge in [0.05, 0.1) is 18.8 Å². The first-order valence-corrected chi connectivity index (χ1v) is 10.7. The van der Waals surface area contributed by atoms with Crippen molar-refractivity contribution in [3.63, 3.8) is 0 Å². The molecule has 0 radical (unpaired) electrons. The first-order valence-electron chi connectivity index (χ1n) is 10.7. The molecular formula is C26H32O5. The highest BCUT2D eigenvalue weighted by Gasteiger charge is 2.17. The van der Waals surface area contributed by atoms with Crippen molar-refractivity contribution < 1.29 is 23.7 Å². The number of benzene rings is 2. The molecule has 0 aliphatic rings. The van der Waals surface area contributed by atoms with Gasteiger partial charge in [0.25, 0.3) is 0 Å². The standard InChI is InChI=1S/C26H32O5/c1-6-9-14-29-26(27)21-11-13-23(25(16-21)31-18-28-5)22-12-10-20(8-3)15-24(22)30-17-19(4)7-2/h3,10-13,15-16,19H,6-7,9,14,17-18H2,1-2,4-5H3/t19-/m0/s1. The highest BCUT2D eigenvalue weighted by molar-refractivity contribution is 5.91. The number of terminal acetylenes is 1. The van der Waals surface area contributed by atoms with Gasteiger partial charge in [-0.15, -0.1) is 6.42 Å². The highest BCUT2D eigenvalue weighted by Crippen LogP contribution is 2.38. The second-order valence-corrected chi connectivity index (χ2v) is 7.43. The van der Waals surface area contributed by atoms with E-state index in [1.807, 2.05) is 31.2 Å². The topological polar surface area (TPSA) is 54.0 Å². The van der Waals surface area contributed by atoms with Gasteiger partial charge in [-0.25, -0.2) is 4.79 Å². The maximum Gasteiger partial charge on any atom is 0.338 e. The fourth-order valence-electron chi connectivity index (χ4n) is 2.81. The zero-order valence-corrected chi connectivity index (χ0v) is 18.9. The first-order chi connectivity index (χ1) is 15.0. The Hall–Kier alpha value is -2.97. The number of hydrogen-bond acceptors (Lipinski definition) is 5. The van der Waals surface area contributed by atoms with Crippen molar-refractivity contribution in [3.8, 4) is 35.0 Å². The molecule has 0 bridgehead atoms. The Bertz CT molecular complexity index is 897. The van der Waals surface area contributed by atoms with Gasteiger partial charge in [-0.3, -0.25) is 0 Å². The zero-order chi connectivity index (χ0) is 22.6. The van der Waals surface area contributed by atoms with Crippen molar-refractivity contribution >= 4 is 5.97 Å². The van der Waals surface area contributed by atoms with Crippen LogP contribution in [0.1, 0.15) is 56.0 Å². The van der Waals surface area contributed by atoms with Crippen molar-refractivity contribution in [2.75, 3.05) is 27.1 Å². The molecule has 0 aliphatic carbocycles. The Morgan fingerprint density at radius 1 is 1.06 bits per heavy atom. The van der Waals surface area contributed by atoms with Gasteiger partial charge in [0.15, 0.2) is 6.79 Å². The summed E-state index contributed by atoms with van der Waals surface area (Å²) in [5.41, 5.74) is 2.77. The molecule has 0 aliphatic heterocycles. The van der Waals surface area contributed by atoms with E-state index in [-0.39, 0.29) is 12.8 Å². The molecule has 2 aromatic rings. The number of rotatable bonds is 12. The minimum atomic E-state index is -0.377. The third-order valence-corrected chi connectivity index (χ3v) is 4.94. The summed E-state index contributed by atoms with van der Waals surface area (Å²) in [7, 11) is 1.55. The number of carbonyl (C=O) groups excluding carboxylic acids is 1. The first kappa shape index (κ1) is 24.3. The number of esters is 1. The number of methoxy groups -OCH3 is 1. The van der Waals surface area contributed by atoms with Crippen LogP contribution in [-0.2, 0) is 9.47 Å². The summed E-state index contributed by atoms with van der Waals surface area (Å²) in [5, 5.41) is 0. The maximum absolute atomic E-state index is 12.4. The van der Waals surface area contributed by atoms with Crippen LogP contribution in [0.4, 0.5) is 0 Å². The SMILES string of the molecule is C#Cc1ccc(-c2ccc(C(=O)OCCCC)cc2OCOC)c(OC[C@@H](C)CC)c1. The minimum Gasteiger partial charge on any atom is -0.493 e. The van der Waals surface area contributed by atoms with Crippen LogP contribution in [0, 0.1) is 18.3 Å². The van der Waals surface area contributed by atoms with Crippen LogP contribution in [0.5, 0.6) is 11.5 Å². The normalized spacial score (nSPS) is 11.5. The van der Waals surface area contributed by atoms with Crippen molar-refractivity contribution in [2.24, 2.45) is 5.92 Å². The Morgan fingerprint density at radius 2 is 1.77 bits per heavy atom. The summed E-state index contributed by atoms with van der Waals surface area (Å²) in [6.45, 7) is 7.33. The van der Waals surface area contributed by atoms with Gasteiger partial charge in [0.1, 0.15) is 11.5 Å². The van der Waals surface area contributed by atoms with Gasteiger partial charge in [-0.1, -0.05) is 39.5 Å². The Labute approximate surface area is 185 Å². The lowest BCUT2D eigenvalue weighted by Gasteiger charge is -2.18. The van der Waals surface area contributed by atoms with Crippen molar-refractivity contribution in [1.29, 1.82) is 0 Å². The van der Waals surface area contributed by atoms with Crippen molar-refractivity contribution in [3.05, 3.63) is 47.5 Å². The lowest BCUT2D eigenvalue weighted by atomic mass is 9.99. The average molecular weight is 425 g/mol. The van der Waals surface area contributed by atoms with Gasteiger partial charge in [0, 0.05) is 23.8 Å². The highest BCUT2D eigenvalue weighted by atomic mass is 16.7. The predicted octanol–water partition coefficient (Wildman–Crippen LogP) is 5.70. The van der Waals surface area contributed by atoms with Crippen LogP contribution in [0.25, 0.3) is 11.1 Å². The second-order valence-electron chi connectivity index (χ2n) is 7.43. The van der Waals surface area contributed by atoms with E-state index in [1.165, 1.54) is 0 Å². The maximum atomic E-state index is 12.4. The molecule has 0 unspecified atom stereocenters. The molecule has 2 aromatic carbocycles. The third kappa shape index (κ3) is 7.04. The van der Waals surface area contributed by atoms with Crippen molar-refractivity contribution in [1.82, 2.24) is 0 Å². The number of ether oxygens (including phenoxy) is 4. The van der Waals surface area contributed by atoms with Gasteiger partial charge in [0.2, 0.25) is 0 Å². The van der Waals surface area contributed by atoms with Crippen LogP contribution in [0.15, 0.2) is 36.4 Å². The lowest BCUT2D eigenvalue weighted by molar-refractivity contribution is 0.0479. The molecule has 1 atom stereocenters. The summed E-state index contributed by atoms with van der Waals surface area (Å²) < 4.78 is 22.3. The molecule has 0 fully saturated rings. The molecule has 2 rings (SSSR count). The summed E-state index contributed by atoms with van der Waals surface area (Å²) in [4.78, 5) is 12.4. The summed E-state index contributed by atoms with van der Waals surface area (Å²) in [5.74, 6) is 3.87. The zero-order valence-electron chi connectivity index (χ0n) is 18.9. The van der Waals surface area contributed by atoms with E-state index >= 15 is 0 Å². The summed E-state index contributed by atoms with van der Waals surface area (Å²) >= 11 is 0. The van der Waals surface area contributed by atoms with E-state index in [0.717, 1.165) is 36.0 Å². The van der Waals surface area contributed by atoms with Crippen LogP contribution >= 0.6 is 0 Å². The van der Waals surface area contributed by atoms with Crippen molar-refractivity contribution in [2.45, 2.75) is 40.0 Å². The van der Waals surface area contributed by atoms with Crippen LogP contribution in [-0.4, -0.2) is 33.1 Å². The second kappa shape index (κ2) is 12.7. The average Bonchev–Trinajstić information content (AvgIpc) is 2.80. The Balaban J connectivity index is 2.43. The molecule has 0 saturated heterocycles. The summed E-state index contributed by atoms with van der Waals surface area (Å²) in [6.07, 6.45) is 8.39. The largest absolute Gasteiger partial charge is 0.493 e. The van der Waals surface area contributed by atoms with Crippen LogP contribution in [0.2, 0.25) is 0 Å². The molecule has 0 N–H and O–H groups in total. The molecule has 0 amide bonds. The monoisotopic (exact) mass is 424 g/mol. The molecule has 166 valence electrons. The van der Waals surface area contributed by atoms with Crippen LogP contribution < -0.4 is 9.47 Å². The molecule has 0 heterocycles. The molecule has 5 heteroatoms. The molecular weight excluding hydrogens is 392 g/mol. The van der Waals surface area contributed by atoms with Gasteiger partial charge < -0.3 is 18.9 Å². The molecule has 5 nitrogen and oxygen atoms in total. The Morgan fingerprint density at radius 3 is 2.42 bits per heavy atom. The molecule has 0 spiro atoms. The number of hydrogen-bond donors (Lipinski definition) is 0. The smallest absolute Gasteiger partial charge is 0.338 e. The van der Waals surface area contributed by atoms with E-state index in [9.17, 15) is 4.79 Å². The number of carbonyl (C=O) groups is 1. The van der Waals surface area contributed by atoms with Gasteiger partial charge >= 0.3 is 5.97 Å². The van der Waals surface area contributed by atoms with E-state index < -0.39 is 0 Å². The molecule has 31 heavy (non-hydrogen) atoms.